The number of carbonyl (C=O) groups excluding carboxylic acids is 4. The zero-order chi connectivity index (χ0) is 26.7. The quantitative estimate of drug-likeness (QED) is 0.326. The van der Waals surface area contributed by atoms with Gasteiger partial charge in [-0.25, -0.2) is 9.59 Å². The standard InChI is InChI=1S/C24H30N4O9/c29-18(27-9-8-15(20(27)24(35)36)26-21(31)13-6-7-13)4-1-5-19(30)28-12-14(11-16(28)23(33)34)25-22(32)17-3-2-10-37-17/h2-3,10,13-16,20H,1,4-9,11-12H2,(H,25,32)(H,26,31)(H,33,34)(H,35,36). The maximum absolute atomic E-state index is 12.8. The first-order chi connectivity index (χ1) is 17.7. The molecule has 3 aliphatic rings. The normalized spacial score (nSPS) is 25.1. The molecule has 4 atom stereocenters. The number of amides is 4. The minimum atomic E-state index is -1.20. The Hall–Kier alpha value is -3.90. The zero-order valence-corrected chi connectivity index (χ0v) is 20.1. The van der Waals surface area contributed by atoms with Gasteiger partial charge in [0.2, 0.25) is 17.7 Å². The van der Waals surface area contributed by atoms with Crippen LogP contribution < -0.4 is 10.6 Å². The van der Waals surface area contributed by atoms with E-state index in [2.05, 4.69) is 10.6 Å². The Morgan fingerprint density at radius 3 is 2.24 bits per heavy atom. The fourth-order valence-electron chi connectivity index (χ4n) is 4.97. The van der Waals surface area contributed by atoms with Crippen molar-refractivity contribution < 1.29 is 43.4 Å². The Bertz CT molecular complexity index is 1070. The van der Waals surface area contributed by atoms with Gasteiger partial charge in [0.15, 0.2) is 5.76 Å². The summed E-state index contributed by atoms with van der Waals surface area (Å²) in [4.78, 5) is 75.8. The van der Waals surface area contributed by atoms with Crippen molar-refractivity contribution in [2.45, 2.75) is 69.1 Å². The molecule has 37 heavy (non-hydrogen) atoms. The predicted molar refractivity (Wildman–Crippen MR) is 124 cm³/mol. The van der Waals surface area contributed by atoms with Crippen molar-refractivity contribution in [2.75, 3.05) is 13.1 Å². The fourth-order valence-corrected chi connectivity index (χ4v) is 4.97. The van der Waals surface area contributed by atoms with E-state index in [-0.39, 0.29) is 56.4 Å². The molecule has 1 aromatic heterocycles. The summed E-state index contributed by atoms with van der Waals surface area (Å²) in [7, 11) is 0. The smallest absolute Gasteiger partial charge is 0.328 e. The van der Waals surface area contributed by atoms with Crippen LogP contribution >= 0.6 is 0 Å². The number of carbonyl (C=O) groups is 6. The highest BCUT2D eigenvalue weighted by Gasteiger charge is 2.44. The number of nitrogens with one attached hydrogen (secondary N) is 2. The Morgan fingerprint density at radius 1 is 0.946 bits per heavy atom. The average Bonchev–Trinajstić information content (AvgIpc) is 3.23. The van der Waals surface area contributed by atoms with Gasteiger partial charge in [-0.2, -0.15) is 0 Å². The van der Waals surface area contributed by atoms with Gasteiger partial charge < -0.3 is 35.1 Å². The summed E-state index contributed by atoms with van der Waals surface area (Å²) in [6.07, 6.45) is 3.17. The molecule has 1 aliphatic carbocycles. The first-order valence-corrected chi connectivity index (χ1v) is 12.3. The molecule has 4 unspecified atom stereocenters. The van der Waals surface area contributed by atoms with E-state index in [4.69, 9.17) is 4.42 Å². The van der Waals surface area contributed by atoms with Gasteiger partial charge in [-0.3, -0.25) is 19.2 Å². The van der Waals surface area contributed by atoms with E-state index in [1.54, 1.807) is 6.07 Å². The van der Waals surface area contributed by atoms with E-state index in [0.29, 0.717) is 6.42 Å². The number of rotatable bonds is 10. The number of hydrogen-bond acceptors (Lipinski definition) is 7. The van der Waals surface area contributed by atoms with Crippen molar-refractivity contribution >= 4 is 35.6 Å². The number of likely N-dealkylation sites (tertiary alicyclic amines) is 2. The topological polar surface area (TPSA) is 187 Å². The van der Waals surface area contributed by atoms with Gasteiger partial charge in [-0.15, -0.1) is 0 Å². The second-order valence-corrected chi connectivity index (χ2v) is 9.69. The highest BCUT2D eigenvalue weighted by Crippen LogP contribution is 2.30. The van der Waals surface area contributed by atoms with Gasteiger partial charge in [0.05, 0.1) is 12.3 Å². The second-order valence-electron chi connectivity index (χ2n) is 9.69. The van der Waals surface area contributed by atoms with Crippen LogP contribution in [0.5, 0.6) is 0 Å². The largest absolute Gasteiger partial charge is 0.480 e. The van der Waals surface area contributed by atoms with E-state index in [1.807, 2.05) is 0 Å². The van der Waals surface area contributed by atoms with E-state index < -0.39 is 53.8 Å². The minimum absolute atomic E-state index is 0.00573. The summed E-state index contributed by atoms with van der Waals surface area (Å²) in [5.41, 5.74) is 0. The van der Waals surface area contributed by atoms with E-state index >= 15 is 0 Å². The van der Waals surface area contributed by atoms with Gasteiger partial charge in [0.25, 0.3) is 5.91 Å². The summed E-state index contributed by atoms with van der Waals surface area (Å²) in [6.45, 7) is 0.190. The molecule has 0 radical (unpaired) electrons. The first kappa shape index (κ1) is 26.2. The molecule has 0 aromatic carbocycles. The Kier molecular flexibility index (Phi) is 7.79. The Labute approximate surface area is 212 Å². The lowest BCUT2D eigenvalue weighted by Gasteiger charge is -2.25. The molecule has 2 aliphatic heterocycles. The third-order valence-electron chi connectivity index (χ3n) is 7.02. The predicted octanol–water partition coefficient (Wildman–Crippen LogP) is -0.186. The molecule has 3 heterocycles. The molecule has 4 rings (SSSR count). The monoisotopic (exact) mass is 518 g/mol. The van der Waals surface area contributed by atoms with Crippen LogP contribution in [0.25, 0.3) is 0 Å². The highest BCUT2D eigenvalue weighted by atomic mass is 16.4. The molecule has 1 saturated carbocycles. The van der Waals surface area contributed by atoms with Crippen LogP contribution in [-0.4, -0.2) is 92.8 Å². The van der Waals surface area contributed by atoms with E-state index in [0.717, 1.165) is 12.8 Å². The molecular formula is C24H30N4O9. The maximum atomic E-state index is 12.8. The number of carboxylic acids is 2. The molecular weight excluding hydrogens is 488 g/mol. The van der Waals surface area contributed by atoms with Crippen LogP contribution in [0.2, 0.25) is 0 Å². The number of furan rings is 1. The Balaban J connectivity index is 1.27. The number of carboxylic acid groups (broad SMARTS) is 2. The number of aliphatic carboxylic acids is 2. The van der Waals surface area contributed by atoms with Crippen LogP contribution in [-0.2, 0) is 24.0 Å². The summed E-state index contributed by atoms with van der Waals surface area (Å²) in [6, 6.07) is -0.502. The van der Waals surface area contributed by atoms with Crippen molar-refractivity contribution in [3.63, 3.8) is 0 Å². The zero-order valence-electron chi connectivity index (χ0n) is 20.1. The Morgan fingerprint density at radius 2 is 1.65 bits per heavy atom. The lowest BCUT2D eigenvalue weighted by atomic mass is 10.1. The molecule has 13 nitrogen and oxygen atoms in total. The molecule has 3 fully saturated rings. The lowest BCUT2D eigenvalue weighted by molar-refractivity contribution is -0.149. The van der Waals surface area contributed by atoms with Crippen LogP contribution in [0.4, 0.5) is 0 Å². The molecule has 1 aromatic rings. The van der Waals surface area contributed by atoms with Crippen LogP contribution in [0, 0.1) is 5.92 Å². The number of hydrogen-bond donors (Lipinski definition) is 4. The van der Waals surface area contributed by atoms with Crippen molar-refractivity contribution in [1.29, 1.82) is 0 Å². The van der Waals surface area contributed by atoms with Crippen LogP contribution in [0.15, 0.2) is 22.8 Å². The summed E-state index contributed by atoms with van der Waals surface area (Å²) >= 11 is 0. The molecule has 4 amide bonds. The lowest BCUT2D eigenvalue weighted by Crippen LogP contribution is -2.51. The van der Waals surface area contributed by atoms with Crippen molar-refractivity contribution in [3.05, 3.63) is 24.2 Å². The first-order valence-electron chi connectivity index (χ1n) is 12.3. The van der Waals surface area contributed by atoms with Crippen molar-refractivity contribution in [1.82, 2.24) is 20.4 Å². The molecule has 0 spiro atoms. The summed E-state index contributed by atoms with van der Waals surface area (Å²) < 4.78 is 5.03. The van der Waals surface area contributed by atoms with Gasteiger partial charge in [0.1, 0.15) is 12.1 Å². The fraction of sp³-hybridized carbons (Fsp3) is 0.583. The third kappa shape index (κ3) is 6.09. The van der Waals surface area contributed by atoms with Crippen molar-refractivity contribution in [2.24, 2.45) is 5.92 Å². The third-order valence-corrected chi connectivity index (χ3v) is 7.02. The summed E-state index contributed by atoms with van der Waals surface area (Å²) in [5, 5.41) is 24.6. The van der Waals surface area contributed by atoms with E-state index in [9.17, 15) is 39.0 Å². The molecule has 4 N–H and O–H groups in total. The van der Waals surface area contributed by atoms with Crippen LogP contribution in [0.1, 0.15) is 55.5 Å². The van der Waals surface area contributed by atoms with Gasteiger partial charge in [-0.1, -0.05) is 0 Å². The average molecular weight is 519 g/mol. The van der Waals surface area contributed by atoms with Gasteiger partial charge in [0, 0.05) is 44.3 Å². The van der Waals surface area contributed by atoms with Gasteiger partial charge in [-0.05, 0) is 37.8 Å². The van der Waals surface area contributed by atoms with Crippen LogP contribution in [0.3, 0.4) is 0 Å². The minimum Gasteiger partial charge on any atom is -0.480 e. The highest BCUT2D eigenvalue weighted by molar-refractivity contribution is 5.92. The molecule has 0 bridgehead atoms. The van der Waals surface area contributed by atoms with E-state index in [1.165, 1.54) is 22.1 Å². The molecule has 13 heteroatoms. The van der Waals surface area contributed by atoms with Gasteiger partial charge >= 0.3 is 11.9 Å². The molecule has 2 saturated heterocycles. The summed E-state index contributed by atoms with van der Waals surface area (Å²) in [5.74, 6) is -4.01. The number of nitrogens with zero attached hydrogens (tertiary/aromatic N) is 2. The molecule has 200 valence electrons. The second kappa shape index (κ2) is 11.0. The SMILES string of the molecule is O=C(NC1CC(C(=O)O)N(C(=O)CCCC(=O)N2CCC(NC(=O)C3CC3)C2C(=O)O)C1)c1ccco1. The van der Waals surface area contributed by atoms with Crippen molar-refractivity contribution in [3.8, 4) is 0 Å². The maximum Gasteiger partial charge on any atom is 0.328 e.